The lowest BCUT2D eigenvalue weighted by Crippen LogP contribution is -2.27. The number of nitrogens with zero attached hydrogens (tertiary/aromatic N) is 1. The lowest BCUT2D eigenvalue weighted by Gasteiger charge is -2.15. The highest BCUT2D eigenvalue weighted by Gasteiger charge is 2.22. The number of amides is 2. The van der Waals surface area contributed by atoms with Gasteiger partial charge in [-0.1, -0.05) is 27.5 Å². The Balaban J connectivity index is 2.39. The Morgan fingerprint density at radius 2 is 2.29 bits per heavy atom. The molecule has 14 heavy (non-hydrogen) atoms. The van der Waals surface area contributed by atoms with Crippen molar-refractivity contribution in [3.63, 3.8) is 0 Å². The molecular weight excluding hydrogens is 267 g/mol. The molecule has 1 aliphatic rings. The van der Waals surface area contributed by atoms with Crippen molar-refractivity contribution in [1.82, 2.24) is 5.32 Å². The minimum atomic E-state index is -0.0926. The second kappa shape index (κ2) is 3.79. The van der Waals surface area contributed by atoms with Crippen LogP contribution < -0.4 is 10.2 Å². The van der Waals surface area contributed by atoms with Gasteiger partial charge in [-0.2, -0.15) is 0 Å². The minimum absolute atomic E-state index is 0.0926. The van der Waals surface area contributed by atoms with Gasteiger partial charge < -0.3 is 5.32 Å². The number of urea groups is 1. The van der Waals surface area contributed by atoms with Crippen LogP contribution in [0.1, 0.15) is 0 Å². The minimum Gasteiger partial charge on any atom is -0.336 e. The summed E-state index contributed by atoms with van der Waals surface area (Å²) in [5.41, 5.74) is 0.746. The summed E-state index contributed by atoms with van der Waals surface area (Å²) < 4.78 is 0.914. The van der Waals surface area contributed by atoms with Crippen LogP contribution in [-0.2, 0) is 0 Å². The predicted molar refractivity (Wildman–Crippen MR) is 59.9 cm³/mol. The van der Waals surface area contributed by atoms with Crippen molar-refractivity contribution >= 4 is 39.2 Å². The molecule has 0 unspecified atom stereocenters. The Labute approximate surface area is 95.2 Å². The number of benzene rings is 1. The molecule has 1 heterocycles. The molecule has 0 aliphatic carbocycles. The molecular formula is C9H8BrClN2O. The van der Waals surface area contributed by atoms with Gasteiger partial charge in [-0.25, -0.2) is 4.79 Å². The molecule has 3 nitrogen and oxygen atoms in total. The van der Waals surface area contributed by atoms with E-state index in [0.717, 1.165) is 10.2 Å². The molecule has 1 aromatic rings. The first-order valence-corrected chi connectivity index (χ1v) is 5.36. The van der Waals surface area contributed by atoms with E-state index in [1.807, 2.05) is 12.1 Å². The molecule has 1 aromatic carbocycles. The van der Waals surface area contributed by atoms with Crippen LogP contribution in [0.4, 0.5) is 10.5 Å². The van der Waals surface area contributed by atoms with Gasteiger partial charge in [0.2, 0.25) is 0 Å². The van der Waals surface area contributed by atoms with Gasteiger partial charge in [-0.3, -0.25) is 4.90 Å². The molecule has 0 bridgehead atoms. The van der Waals surface area contributed by atoms with E-state index in [4.69, 9.17) is 11.6 Å². The first-order valence-electron chi connectivity index (χ1n) is 4.19. The van der Waals surface area contributed by atoms with Crippen molar-refractivity contribution in [2.75, 3.05) is 18.0 Å². The molecule has 0 spiro atoms. The standard InChI is InChI=1S/C9H8BrClN2O/c10-6-1-2-7(11)8(5-6)13-4-3-12-9(13)14/h1-2,5H,3-4H2,(H,12,14). The van der Waals surface area contributed by atoms with Crippen LogP contribution in [0, 0.1) is 0 Å². The Morgan fingerprint density at radius 1 is 1.50 bits per heavy atom. The molecule has 1 saturated heterocycles. The third-order valence-corrected chi connectivity index (χ3v) is 2.87. The average molecular weight is 276 g/mol. The SMILES string of the molecule is O=C1NCCN1c1cc(Br)ccc1Cl. The molecule has 2 amide bonds. The van der Waals surface area contributed by atoms with Gasteiger partial charge in [-0.05, 0) is 18.2 Å². The van der Waals surface area contributed by atoms with Crippen LogP contribution in [0.5, 0.6) is 0 Å². The van der Waals surface area contributed by atoms with E-state index in [0.29, 0.717) is 18.1 Å². The van der Waals surface area contributed by atoms with Crippen LogP contribution in [0.15, 0.2) is 22.7 Å². The number of rotatable bonds is 1. The van der Waals surface area contributed by atoms with Gasteiger partial charge in [0.15, 0.2) is 0 Å². The third-order valence-electron chi connectivity index (χ3n) is 2.06. The first kappa shape index (κ1) is 9.80. The van der Waals surface area contributed by atoms with Crippen LogP contribution >= 0.6 is 27.5 Å². The summed E-state index contributed by atoms with van der Waals surface area (Å²) >= 11 is 9.35. The first-order chi connectivity index (χ1) is 6.68. The quantitative estimate of drug-likeness (QED) is 0.839. The second-order valence-corrected chi connectivity index (χ2v) is 4.30. The molecule has 0 aromatic heterocycles. The van der Waals surface area contributed by atoms with E-state index in [2.05, 4.69) is 21.2 Å². The Kier molecular flexibility index (Phi) is 2.65. The largest absolute Gasteiger partial charge is 0.336 e. The van der Waals surface area contributed by atoms with Gasteiger partial charge in [0.05, 0.1) is 10.7 Å². The van der Waals surface area contributed by atoms with Crippen LogP contribution in [0.3, 0.4) is 0 Å². The third kappa shape index (κ3) is 1.72. The Bertz CT molecular complexity index is 383. The lowest BCUT2D eigenvalue weighted by molar-refractivity contribution is 0.252. The van der Waals surface area contributed by atoms with Crippen molar-refractivity contribution in [3.8, 4) is 0 Å². The highest BCUT2D eigenvalue weighted by Crippen LogP contribution is 2.29. The van der Waals surface area contributed by atoms with Gasteiger partial charge in [0, 0.05) is 17.6 Å². The number of hydrogen-bond donors (Lipinski definition) is 1. The highest BCUT2D eigenvalue weighted by atomic mass is 79.9. The van der Waals surface area contributed by atoms with Crippen molar-refractivity contribution < 1.29 is 4.79 Å². The van der Waals surface area contributed by atoms with E-state index in [-0.39, 0.29) is 6.03 Å². The van der Waals surface area contributed by atoms with Crippen LogP contribution in [0.2, 0.25) is 5.02 Å². The molecule has 2 rings (SSSR count). The summed E-state index contributed by atoms with van der Waals surface area (Å²) in [6.45, 7) is 1.33. The summed E-state index contributed by atoms with van der Waals surface area (Å²) in [6.07, 6.45) is 0. The van der Waals surface area contributed by atoms with E-state index < -0.39 is 0 Å². The number of halogens is 2. The van der Waals surface area contributed by atoms with Crippen LogP contribution in [0.25, 0.3) is 0 Å². The smallest absolute Gasteiger partial charge is 0.322 e. The second-order valence-electron chi connectivity index (χ2n) is 2.98. The maximum Gasteiger partial charge on any atom is 0.322 e. The van der Waals surface area contributed by atoms with E-state index in [1.165, 1.54) is 0 Å². The summed E-state index contributed by atoms with van der Waals surface area (Å²) in [5, 5.41) is 3.32. The lowest BCUT2D eigenvalue weighted by atomic mass is 10.3. The van der Waals surface area contributed by atoms with Crippen molar-refractivity contribution in [1.29, 1.82) is 0 Å². The zero-order valence-corrected chi connectivity index (χ0v) is 9.60. The summed E-state index contributed by atoms with van der Waals surface area (Å²) in [5.74, 6) is 0. The molecule has 0 radical (unpaired) electrons. The number of carbonyl (C=O) groups is 1. The average Bonchev–Trinajstić information content (AvgIpc) is 2.56. The molecule has 1 aliphatic heterocycles. The molecule has 1 N–H and O–H groups in total. The fourth-order valence-electron chi connectivity index (χ4n) is 1.39. The van der Waals surface area contributed by atoms with Crippen LogP contribution in [-0.4, -0.2) is 19.1 Å². The maximum atomic E-state index is 11.4. The summed E-state index contributed by atoms with van der Waals surface area (Å²) in [7, 11) is 0. The number of nitrogens with one attached hydrogen (secondary N) is 1. The molecule has 1 fully saturated rings. The normalized spacial score (nSPS) is 15.9. The predicted octanol–water partition coefficient (Wildman–Crippen LogP) is 2.63. The summed E-state index contributed by atoms with van der Waals surface area (Å²) in [6, 6.07) is 5.37. The van der Waals surface area contributed by atoms with E-state index in [1.54, 1.807) is 11.0 Å². The summed E-state index contributed by atoms with van der Waals surface area (Å²) in [4.78, 5) is 13.0. The molecule has 74 valence electrons. The zero-order chi connectivity index (χ0) is 10.1. The fraction of sp³-hybridized carbons (Fsp3) is 0.222. The van der Waals surface area contributed by atoms with Gasteiger partial charge in [0.1, 0.15) is 0 Å². The topological polar surface area (TPSA) is 32.3 Å². The Hall–Kier alpha value is -0.740. The fourth-order valence-corrected chi connectivity index (χ4v) is 1.96. The highest BCUT2D eigenvalue weighted by molar-refractivity contribution is 9.10. The number of hydrogen-bond acceptors (Lipinski definition) is 1. The monoisotopic (exact) mass is 274 g/mol. The molecule has 5 heteroatoms. The Morgan fingerprint density at radius 3 is 2.93 bits per heavy atom. The zero-order valence-electron chi connectivity index (χ0n) is 7.26. The van der Waals surface area contributed by atoms with Crippen molar-refractivity contribution in [2.24, 2.45) is 0 Å². The molecule has 0 atom stereocenters. The van der Waals surface area contributed by atoms with Crippen molar-refractivity contribution in [2.45, 2.75) is 0 Å². The number of carbonyl (C=O) groups excluding carboxylic acids is 1. The van der Waals surface area contributed by atoms with Gasteiger partial charge >= 0.3 is 6.03 Å². The number of anilines is 1. The van der Waals surface area contributed by atoms with Crippen molar-refractivity contribution in [3.05, 3.63) is 27.7 Å². The maximum absolute atomic E-state index is 11.4. The van der Waals surface area contributed by atoms with Gasteiger partial charge in [-0.15, -0.1) is 0 Å². The molecule has 0 saturated carbocycles. The van der Waals surface area contributed by atoms with E-state index in [9.17, 15) is 4.79 Å². The van der Waals surface area contributed by atoms with Gasteiger partial charge in [0.25, 0.3) is 0 Å². The van der Waals surface area contributed by atoms with E-state index >= 15 is 0 Å².